The predicted molar refractivity (Wildman–Crippen MR) is 83.1 cm³/mol. The molecule has 0 spiro atoms. The number of aliphatic hydroxyl groups excluding tert-OH is 2. The molecule has 1 saturated carbocycles. The summed E-state index contributed by atoms with van der Waals surface area (Å²) in [7, 11) is 0. The highest BCUT2D eigenvalue weighted by molar-refractivity contribution is 5.82. The Morgan fingerprint density at radius 3 is 2.72 bits per heavy atom. The van der Waals surface area contributed by atoms with Gasteiger partial charge in [0.25, 0.3) is 5.92 Å². The number of anilines is 1. The van der Waals surface area contributed by atoms with Crippen molar-refractivity contribution in [3.8, 4) is 0 Å². The average Bonchev–Trinajstić information content (AvgIpc) is 3.21. The van der Waals surface area contributed by atoms with Crippen molar-refractivity contribution in [1.29, 1.82) is 0 Å². The molecule has 0 unspecified atom stereocenters. The van der Waals surface area contributed by atoms with E-state index in [1.165, 1.54) is 6.33 Å². The maximum absolute atomic E-state index is 14.5. The van der Waals surface area contributed by atoms with Crippen molar-refractivity contribution in [2.45, 2.75) is 43.6 Å². The van der Waals surface area contributed by atoms with Gasteiger partial charge in [0, 0.05) is 13.5 Å². The molecule has 0 bridgehead atoms. The van der Waals surface area contributed by atoms with Gasteiger partial charge in [-0.3, -0.25) is 4.57 Å². The minimum absolute atomic E-state index is 0.1000. The molecule has 3 heterocycles. The first-order valence-corrected chi connectivity index (χ1v) is 8.15. The predicted octanol–water partition coefficient (Wildman–Crippen LogP) is 0.708. The molecule has 25 heavy (non-hydrogen) atoms. The fraction of sp³-hybridized carbons (Fsp3) is 0.667. The number of halogens is 2. The van der Waals surface area contributed by atoms with Crippen LogP contribution in [0, 0.1) is 5.92 Å². The van der Waals surface area contributed by atoms with E-state index in [0.29, 0.717) is 24.2 Å². The van der Waals surface area contributed by atoms with Crippen LogP contribution in [0.15, 0.2) is 12.7 Å². The van der Waals surface area contributed by atoms with E-state index in [-0.39, 0.29) is 5.65 Å². The quantitative estimate of drug-likeness (QED) is 0.725. The highest BCUT2D eigenvalue weighted by Crippen LogP contribution is 2.45. The Hall–Kier alpha value is -1.91. The van der Waals surface area contributed by atoms with E-state index in [1.807, 2.05) is 0 Å². The summed E-state index contributed by atoms with van der Waals surface area (Å²) in [6.45, 7) is 0.946. The van der Waals surface area contributed by atoms with Gasteiger partial charge in [-0.1, -0.05) is 0 Å². The maximum Gasteiger partial charge on any atom is 0.295 e. The molecular formula is C15H19F2N5O3. The smallest absolute Gasteiger partial charge is 0.295 e. The van der Waals surface area contributed by atoms with E-state index in [2.05, 4.69) is 20.3 Å². The summed E-state index contributed by atoms with van der Waals surface area (Å²) in [6, 6.07) is 0. The van der Waals surface area contributed by atoms with E-state index in [4.69, 9.17) is 4.74 Å². The van der Waals surface area contributed by atoms with Crippen LogP contribution in [0.3, 0.4) is 0 Å². The highest BCUT2D eigenvalue weighted by Gasteiger charge is 2.64. The molecule has 2 aromatic rings. The molecule has 0 radical (unpaired) electrons. The van der Waals surface area contributed by atoms with E-state index in [0.717, 1.165) is 30.3 Å². The van der Waals surface area contributed by atoms with Gasteiger partial charge in [-0.15, -0.1) is 0 Å². The number of nitrogens with one attached hydrogen (secondary N) is 1. The second-order valence-corrected chi connectivity index (χ2v) is 6.74. The van der Waals surface area contributed by atoms with Crippen LogP contribution in [0.5, 0.6) is 0 Å². The first-order chi connectivity index (χ1) is 11.8. The second kappa shape index (κ2) is 5.55. The van der Waals surface area contributed by atoms with Crippen molar-refractivity contribution in [2.75, 3.05) is 18.5 Å². The summed E-state index contributed by atoms with van der Waals surface area (Å²) in [5, 5.41) is 23.2. The third kappa shape index (κ3) is 2.47. The lowest BCUT2D eigenvalue weighted by atomic mass is 9.98. The van der Waals surface area contributed by atoms with Gasteiger partial charge in [0.05, 0.1) is 12.9 Å². The van der Waals surface area contributed by atoms with Gasteiger partial charge in [-0.25, -0.2) is 23.7 Å². The number of alkyl halides is 2. The average molecular weight is 355 g/mol. The lowest BCUT2D eigenvalue weighted by molar-refractivity contribution is -0.256. The van der Waals surface area contributed by atoms with Crippen LogP contribution in [-0.4, -0.2) is 61.0 Å². The number of hydrogen-bond acceptors (Lipinski definition) is 7. The molecule has 136 valence electrons. The Bertz CT molecular complexity index is 791. The standard InChI is InChI=1S/C15H19F2N5O3/c1-14(16,17)15(11(24)9(23)5-25-15)22-7-21-10-12(18-4-8-2-3-8)19-6-20-13(10)22/h6-9,11,23-24H,2-5H2,1H3,(H,18,19,20)/t9-,11+,15+/m0/s1. The fourth-order valence-electron chi connectivity index (χ4n) is 3.23. The van der Waals surface area contributed by atoms with Crippen LogP contribution in [0.4, 0.5) is 14.6 Å². The zero-order chi connectivity index (χ0) is 17.8. The van der Waals surface area contributed by atoms with Gasteiger partial charge < -0.3 is 20.3 Å². The normalized spacial score (nSPS) is 30.1. The molecular weight excluding hydrogens is 336 g/mol. The van der Waals surface area contributed by atoms with E-state index in [1.54, 1.807) is 0 Å². The lowest BCUT2D eigenvalue weighted by Gasteiger charge is -2.37. The third-order valence-electron chi connectivity index (χ3n) is 4.81. The number of nitrogens with zero attached hydrogens (tertiary/aromatic N) is 4. The zero-order valence-electron chi connectivity index (χ0n) is 13.6. The summed E-state index contributed by atoms with van der Waals surface area (Å²) in [4.78, 5) is 12.3. The minimum atomic E-state index is -3.50. The van der Waals surface area contributed by atoms with E-state index >= 15 is 0 Å². The number of rotatable bonds is 5. The first-order valence-electron chi connectivity index (χ1n) is 8.15. The topological polar surface area (TPSA) is 105 Å². The number of ether oxygens (including phenoxy) is 1. The summed E-state index contributed by atoms with van der Waals surface area (Å²) in [5.74, 6) is -2.46. The monoisotopic (exact) mass is 355 g/mol. The molecule has 4 rings (SSSR count). The van der Waals surface area contributed by atoms with Crippen molar-refractivity contribution in [3.05, 3.63) is 12.7 Å². The molecule has 3 atom stereocenters. The number of aliphatic hydroxyl groups is 2. The van der Waals surface area contributed by atoms with Crippen LogP contribution in [0.2, 0.25) is 0 Å². The van der Waals surface area contributed by atoms with Crippen molar-refractivity contribution >= 4 is 17.0 Å². The summed E-state index contributed by atoms with van der Waals surface area (Å²) in [6.07, 6.45) is 1.42. The lowest BCUT2D eigenvalue weighted by Crippen LogP contribution is -2.56. The Balaban J connectivity index is 1.81. The van der Waals surface area contributed by atoms with Crippen molar-refractivity contribution in [3.63, 3.8) is 0 Å². The van der Waals surface area contributed by atoms with Crippen LogP contribution in [-0.2, 0) is 10.5 Å². The van der Waals surface area contributed by atoms with Crippen LogP contribution >= 0.6 is 0 Å². The van der Waals surface area contributed by atoms with Crippen molar-refractivity contribution in [1.82, 2.24) is 19.5 Å². The minimum Gasteiger partial charge on any atom is -0.388 e. The molecule has 2 aliphatic rings. The molecule has 0 amide bonds. The van der Waals surface area contributed by atoms with E-state index < -0.39 is 30.5 Å². The van der Waals surface area contributed by atoms with Gasteiger partial charge in [-0.05, 0) is 18.8 Å². The molecule has 2 fully saturated rings. The fourth-order valence-corrected chi connectivity index (χ4v) is 3.23. The molecule has 0 aromatic carbocycles. The van der Waals surface area contributed by atoms with Crippen LogP contribution in [0.1, 0.15) is 19.8 Å². The third-order valence-corrected chi connectivity index (χ3v) is 4.81. The van der Waals surface area contributed by atoms with E-state index in [9.17, 15) is 19.0 Å². The molecule has 10 heteroatoms. The molecule has 8 nitrogen and oxygen atoms in total. The maximum atomic E-state index is 14.5. The van der Waals surface area contributed by atoms with Gasteiger partial charge in [0.1, 0.15) is 18.5 Å². The first kappa shape index (κ1) is 16.6. The highest BCUT2D eigenvalue weighted by atomic mass is 19.3. The zero-order valence-corrected chi connectivity index (χ0v) is 13.6. The number of fused-ring (bicyclic) bond motifs is 1. The molecule has 1 aliphatic heterocycles. The Kier molecular flexibility index (Phi) is 3.67. The number of hydrogen-bond donors (Lipinski definition) is 3. The Labute approximate surface area is 141 Å². The van der Waals surface area contributed by atoms with Gasteiger partial charge in [0.2, 0.25) is 5.72 Å². The summed E-state index contributed by atoms with van der Waals surface area (Å²) in [5.41, 5.74) is -2.07. The van der Waals surface area contributed by atoms with Crippen LogP contribution < -0.4 is 5.32 Å². The summed E-state index contributed by atoms with van der Waals surface area (Å²) >= 11 is 0. The summed E-state index contributed by atoms with van der Waals surface area (Å²) < 4.78 is 35.1. The van der Waals surface area contributed by atoms with Gasteiger partial charge >= 0.3 is 0 Å². The number of aromatic nitrogens is 4. The Morgan fingerprint density at radius 2 is 2.12 bits per heavy atom. The van der Waals surface area contributed by atoms with Crippen LogP contribution in [0.25, 0.3) is 11.2 Å². The number of imidazole rings is 1. The SMILES string of the molecule is CC(F)(F)[C@]1(n2cnc3c(NCC4CC4)ncnc32)OC[C@H](O)[C@H]1O. The molecule has 1 saturated heterocycles. The van der Waals surface area contributed by atoms with Crippen molar-refractivity contribution < 1.29 is 23.7 Å². The van der Waals surface area contributed by atoms with Gasteiger partial charge in [-0.2, -0.15) is 0 Å². The molecule has 1 aliphatic carbocycles. The molecule has 2 aromatic heterocycles. The van der Waals surface area contributed by atoms with Gasteiger partial charge in [0.15, 0.2) is 17.0 Å². The van der Waals surface area contributed by atoms with Crippen molar-refractivity contribution in [2.24, 2.45) is 5.92 Å². The largest absolute Gasteiger partial charge is 0.388 e. The Morgan fingerprint density at radius 1 is 1.36 bits per heavy atom. The molecule has 3 N–H and O–H groups in total. The second-order valence-electron chi connectivity index (χ2n) is 6.74.